The van der Waals surface area contributed by atoms with Crippen molar-refractivity contribution in [3.63, 3.8) is 0 Å². The third-order valence-electron chi connectivity index (χ3n) is 3.86. The van der Waals surface area contributed by atoms with Gasteiger partial charge in [-0.25, -0.2) is 4.98 Å². The molecule has 0 bridgehead atoms. The van der Waals surface area contributed by atoms with Gasteiger partial charge in [0.25, 0.3) is 0 Å². The van der Waals surface area contributed by atoms with Crippen molar-refractivity contribution in [3.05, 3.63) is 41.8 Å². The molecule has 128 valence electrons. The van der Waals surface area contributed by atoms with E-state index in [2.05, 4.69) is 4.98 Å². The Labute approximate surface area is 143 Å². The van der Waals surface area contributed by atoms with E-state index in [-0.39, 0.29) is 17.4 Å². The molecule has 2 aromatic rings. The van der Waals surface area contributed by atoms with Crippen LogP contribution in [0.25, 0.3) is 11.5 Å². The fraction of sp³-hybridized carbons (Fsp3) is 0.412. The van der Waals surface area contributed by atoms with Gasteiger partial charge in [0.2, 0.25) is 11.8 Å². The number of carbonyl (C=O) groups excluding carboxylic acids is 1. The SMILES string of the molecule is Cc1oc(-c2ccccc2)nc1CS(=O)CC(=O)N1CCOCC1. The normalized spacial score (nSPS) is 16.1. The van der Waals surface area contributed by atoms with Crippen LogP contribution in [0.2, 0.25) is 0 Å². The van der Waals surface area contributed by atoms with Crippen molar-refractivity contribution in [1.29, 1.82) is 0 Å². The Hall–Kier alpha value is -1.99. The molecule has 1 aromatic carbocycles. The van der Waals surface area contributed by atoms with Gasteiger partial charge >= 0.3 is 0 Å². The van der Waals surface area contributed by atoms with E-state index in [1.807, 2.05) is 30.3 Å². The van der Waals surface area contributed by atoms with Crippen molar-refractivity contribution in [1.82, 2.24) is 9.88 Å². The van der Waals surface area contributed by atoms with Crippen LogP contribution in [0.4, 0.5) is 0 Å². The summed E-state index contributed by atoms with van der Waals surface area (Å²) >= 11 is 0. The van der Waals surface area contributed by atoms with Gasteiger partial charge in [-0.3, -0.25) is 9.00 Å². The lowest BCUT2D eigenvalue weighted by Crippen LogP contribution is -2.42. The summed E-state index contributed by atoms with van der Waals surface area (Å²) in [4.78, 5) is 18.3. The second-order valence-electron chi connectivity index (χ2n) is 5.61. The standard InChI is InChI=1S/C17H20N2O4S/c1-13-15(18-17(23-13)14-5-3-2-4-6-14)11-24(21)12-16(20)19-7-9-22-10-8-19/h2-6H,7-12H2,1H3. The molecule has 0 N–H and O–H groups in total. The highest BCUT2D eigenvalue weighted by Crippen LogP contribution is 2.22. The largest absolute Gasteiger partial charge is 0.441 e. The number of aryl methyl sites for hydroxylation is 1. The van der Waals surface area contributed by atoms with Crippen LogP contribution in [0.5, 0.6) is 0 Å². The van der Waals surface area contributed by atoms with Crippen LogP contribution in [0.1, 0.15) is 11.5 Å². The summed E-state index contributed by atoms with van der Waals surface area (Å²) in [5.41, 5.74) is 1.52. The molecule has 6 nitrogen and oxygen atoms in total. The third-order valence-corrected chi connectivity index (χ3v) is 5.02. The molecule has 0 radical (unpaired) electrons. The van der Waals surface area contributed by atoms with Gasteiger partial charge in [-0.05, 0) is 19.1 Å². The number of carbonyl (C=O) groups is 1. The van der Waals surface area contributed by atoms with Gasteiger partial charge in [0.05, 0.1) is 24.7 Å². The van der Waals surface area contributed by atoms with Crippen LogP contribution < -0.4 is 0 Å². The number of aromatic nitrogens is 1. The number of rotatable bonds is 5. The maximum Gasteiger partial charge on any atom is 0.235 e. The molecule has 3 rings (SSSR count). The molecule has 1 aromatic heterocycles. The van der Waals surface area contributed by atoms with E-state index in [4.69, 9.17) is 9.15 Å². The molecule has 1 aliphatic rings. The fourth-order valence-electron chi connectivity index (χ4n) is 2.51. The predicted octanol–water partition coefficient (Wildman–Crippen LogP) is 1.76. The maximum absolute atomic E-state index is 12.3. The number of morpholine rings is 1. The quantitative estimate of drug-likeness (QED) is 0.823. The fourth-order valence-corrected chi connectivity index (χ4v) is 3.64. The van der Waals surface area contributed by atoms with Crippen LogP contribution >= 0.6 is 0 Å². The Kier molecular flexibility index (Phi) is 5.42. The van der Waals surface area contributed by atoms with Gasteiger partial charge in [0.15, 0.2) is 0 Å². The summed E-state index contributed by atoms with van der Waals surface area (Å²) in [6.45, 7) is 4.02. The van der Waals surface area contributed by atoms with E-state index >= 15 is 0 Å². The molecule has 1 atom stereocenters. The molecule has 0 saturated carbocycles. The second kappa shape index (κ2) is 7.72. The van der Waals surface area contributed by atoms with E-state index in [1.165, 1.54) is 0 Å². The average molecular weight is 348 g/mol. The third kappa shape index (κ3) is 4.10. The predicted molar refractivity (Wildman–Crippen MR) is 90.8 cm³/mol. The Morgan fingerprint density at radius 2 is 1.96 bits per heavy atom. The highest BCUT2D eigenvalue weighted by molar-refractivity contribution is 7.84. The number of amides is 1. The van der Waals surface area contributed by atoms with E-state index in [9.17, 15) is 9.00 Å². The molecule has 1 fully saturated rings. The Morgan fingerprint density at radius 1 is 1.25 bits per heavy atom. The lowest BCUT2D eigenvalue weighted by Gasteiger charge is -2.26. The summed E-state index contributed by atoms with van der Waals surface area (Å²) in [5, 5.41) is 0. The molecule has 1 saturated heterocycles. The summed E-state index contributed by atoms with van der Waals surface area (Å²) in [6.07, 6.45) is 0. The minimum absolute atomic E-state index is 0.00691. The van der Waals surface area contributed by atoms with E-state index < -0.39 is 10.8 Å². The van der Waals surface area contributed by atoms with Crippen LogP contribution in [-0.2, 0) is 26.1 Å². The van der Waals surface area contributed by atoms with Gasteiger partial charge in [-0.2, -0.15) is 0 Å². The highest BCUT2D eigenvalue weighted by atomic mass is 32.2. The van der Waals surface area contributed by atoms with Gasteiger partial charge in [0.1, 0.15) is 11.5 Å². The molecule has 24 heavy (non-hydrogen) atoms. The number of ether oxygens (including phenoxy) is 1. The van der Waals surface area contributed by atoms with Crippen molar-refractivity contribution in [2.45, 2.75) is 12.7 Å². The zero-order valence-corrected chi connectivity index (χ0v) is 14.4. The first-order chi connectivity index (χ1) is 11.6. The van der Waals surface area contributed by atoms with E-state index in [0.29, 0.717) is 43.6 Å². The Bertz CT molecular complexity index is 723. The van der Waals surface area contributed by atoms with Crippen molar-refractivity contribution >= 4 is 16.7 Å². The van der Waals surface area contributed by atoms with Gasteiger partial charge in [-0.1, -0.05) is 18.2 Å². The first-order valence-electron chi connectivity index (χ1n) is 7.85. The van der Waals surface area contributed by atoms with Gasteiger partial charge in [-0.15, -0.1) is 0 Å². The molecular formula is C17H20N2O4S. The molecule has 1 unspecified atom stereocenters. The highest BCUT2D eigenvalue weighted by Gasteiger charge is 2.20. The van der Waals surface area contributed by atoms with Crippen molar-refractivity contribution in [3.8, 4) is 11.5 Å². The minimum Gasteiger partial charge on any atom is -0.441 e. The smallest absolute Gasteiger partial charge is 0.235 e. The molecule has 0 aliphatic carbocycles. The zero-order valence-electron chi connectivity index (χ0n) is 13.6. The van der Waals surface area contributed by atoms with Crippen LogP contribution in [0.3, 0.4) is 0 Å². The molecule has 1 amide bonds. The summed E-state index contributed by atoms with van der Waals surface area (Å²) in [7, 11) is -1.31. The monoisotopic (exact) mass is 348 g/mol. The summed E-state index contributed by atoms with van der Waals surface area (Å²) < 4.78 is 23.2. The maximum atomic E-state index is 12.3. The molecular weight excluding hydrogens is 328 g/mol. The number of hydrogen-bond acceptors (Lipinski definition) is 5. The molecule has 1 aliphatic heterocycles. The zero-order chi connectivity index (χ0) is 16.9. The van der Waals surface area contributed by atoms with Crippen molar-refractivity contribution in [2.75, 3.05) is 32.1 Å². The minimum atomic E-state index is -1.31. The van der Waals surface area contributed by atoms with Crippen LogP contribution in [0, 0.1) is 6.92 Å². The average Bonchev–Trinajstić information content (AvgIpc) is 2.97. The lowest BCUT2D eigenvalue weighted by molar-refractivity contribution is -0.132. The van der Waals surface area contributed by atoms with Crippen molar-refractivity contribution < 1.29 is 18.2 Å². The van der Waals surface area contributed by atoms with Crippen molar-refractivity contribution in [2.24, 2.45) is 0 Å². The number of oxazole rings is 1. The number of hydrogen-bond donors (Lipinski definition) is 0. The lowest BCUT2D eigenvalue weighted by atomic mass is 10.2. The first-order valence-corrected chi connectivity index (χ1v) is 9.34. The molecule has 7 heteroatoms. The number of benzene rings is 1. The topological polar surface area (TPSA) is 72.6 Å². The van der Waals surface area contributed by atoms with Crippen LogP contribution in [-0.4, -0.2) is 52.1 Å². The number of nitrogens with zero attached hydrogens (tertiary/aromatic N) is 2. The van der Waals surface area contributed by atoms with Gasteiger partial charge < -0.3 is 14.1 Å². The molecule has 0 spiro atoms. The van der Waals surface area contributed by atoms with Crippen LogP contribution in [0.15, 0.2) is 34.7 Å². The Morgan fingerprint density at radius 3 is 2.67 bits per heavy atom. The first kappa shape index (κ1) is 16.9. The second-order valence-corrected chi connectivity index (χ2v) is 7.07. The Balaban J connectivity index is 1.62. The van der Waals surface area contributed by atoms with E-state index in [0.717, 1.165) is 5.56 Å². The van der Waals surface area contributed by atoms with Gasteiger partial charge in [0, 0.05) is 29.5 Å². The molecule has 2 heterocycles. The summed E-state index contributed by atoms with van der Waals surface area (Å²) in [6, 6.07) is 9.57. The summed E-state index contributed by atoms with van der Waals surface area (Å²) in [5.74, 6) is 1.28. The van der Waals surface area contributed by atoms with E-state index in [1.54, 1.807) is 11.8 Å².